The molecule has 0 bridgehead atoms. The molecule has 2 N–H and O–H groups in total. The zero-order valence-electron chi connectivity index (χ0n) is 9.90. The zero-order valence-corrected chi connectivity index (χ0v) is 9.90. The highest BCUT2D eigenvalue weighted by Gasteiger charge is 2.22. The Bertz CT molecular complexity index is 397. The third-order valence-corrected chi connectivity index (χ3v) is 2.80. The molecule has 2 rings (SSSR count). The minimum absolute atomic E-state index is 0.0662. The van der Waals surface area contributed by atoms with Crippen LogP contribution in [0.1, 0.15) is 24.8 Å². The Balaban J connectivity index is 2.10. The summed E-state index contributed by atoms with van der Waals surface area (Å²) in [7, 11) is 0. The molecule has 1 aliphatic heterocycles. The fraction of sp³-hybridized carbons (Fsp3) is 0.462. The molecule has 0 saturated carbocycles. The Morgan fingerprint density at radius 3 is 2.94 bits per heavy atom. The first kappa shape index (κ1) is 11.8. The molecule has 1 fully saturated rings. The van der Waals surface area contributed by atoms with Gasteiger partial charge in [-0.3, -0.25) is 4.79 Å². The van der Waals surface area contributed by atoms with Crippen molar-refractivity contribution in [2.45, 2.75) is 32.3 Å². The Hall–Kier alpha value is -1.71. The summed E-state index contributed by atoms with van der Waals surface area (Å²) in [6, 6.07) is 5.00. The second kappa shape index (κ2) is 5.08. The number of aromatic hydroxyl groups is 1. The second-order valence-electron chi connectivity index (χ2n) is 4.40. The van der Waals surface area contributed by atoms with Crippen molar-refractivity contribution in [2.75, 3.05) is 6.54 Å². The largest absolute Gasteiger partial charge is 0.508 e. The molecule has 92 valence electrons. The van der Waals surface area contributed by atoms with Crippen molar-refractivity contribution in [2.24, 2.45) is 0 Å². The number of amides is 1. The fourth-order valence-corrected chi connectivity index (χ4v) is 1.98. The number of benzene rings is 1. The molecule has 0 aliphatic carbocycles. The van der Waals surface area contributed by atoms with Gasteiger partial charge in [0.1, 0.15) is 11.5 Å². The topological polar surface area (TPSA) is 58.6 Å². The third kappa shape index (κ3) is 3.12. The van der Waals surface area contributed by atoms with E-state index in [-0.39, 0.29) is 11.7 Å². The van der Waals surface area contributed by atoms with E-state index in [9.17, 15) is 9.90 Å². The van der Waals surface area contributed by atoms with Crippen LogP contribution < -0.4 is 10.1 Å². The van der Waals surface area contributed by atoms with Gasteiger partial charge in [0, 0.05) is 12.6 Å². The van der Waals surface area contributed by atoms with Crippen LogP contribution in [0.15, 0.2) is 18.2 Å². The van der Waals surface area contributed by atoms with E-state index in [0.29, 0.717) is 5.75 Å². The average molecular weight is 235 g/mol. The number of aryl methyl sites for hydroxylation is 1. The lowest BCUT2D eigenvalue weighted by Gasteiger charge is -2.16. The second-order valence-corrected chi connectivity index (χ2v) is 4.40. The van der Waals surface area contributed by atoms with E-state index in [0.717, 1.165) is 31.4 Å². The van der Waals surface area contributed by atoms with E-state index in [1.165, 1.54) is 6.07 Å². The highest BCUT2D eigenvalue weighted by molar-refractivity contribution is 5.81. The Morgan fingerprint density at radius 2 is 2.18 bits per heavy atom. The van der Waals surface area contributed by atoms with Crippen molar-refractivity contribution < 1.29 is 14.6 Å². The molecule has 1 atom stereocenters. The Kier molecular flexibility index (Phi) is 3.52. The summed E-state index contributed by atoms with van der Waals surface area (Å²) >= 11 is 0. The highest BCUT2D eigenvalue weighted by Crippen LogP contribution is 2.23. The molecule has 4 heteroatoms. The summed E-state index contributed by atoms with van der Waals surface area (Å²) in [6.07, 6.45) is 2.24. The van der Waals surface area contributed by atoms with Gasteiger partial charge in [-0.2, -0.15) is 0 Å². The van der Waals surface area contributed by atoms with Crippen LogP contribution in [0, 0.1) is 6.92 Å². The average Bonchev–Trinajstić information content (AvgIpc) is 2.43. The molecule has 1 aromatic carbocycles. The fourth-order valence-electron chi connectivity index (χ4n) is 1.98. The van der Waals surface area contributed by atoms with E-state index >= 15 is 0 Å². The molecule has 1 heterocycles. The molecule has 1 unspecified atom stereocenters. The monoisotopic (exact) mass is 235 g/mol. The van der Waals surface area contributed by atoms with Crippen LogP contribution in [0.5, 0.6) is 11.5 Å². The number of phenolic OH excluding ortho intramolecular Hbond substituents is 1. The molecular weight excluding hydrogens is 218 g/mol. The van der Waals surface area contributed by atoms with Crippen LogP contribution in [0.4, 0.5) is 0 Å². The van der Waals surface area contributed by atoms with Gasteiger partial charge in [0.25, 0.3) is 5.91 Å². The molecule has 0 radical (unpaired) electrons. The number of rotatable bonds is 2. The lowest BCUT2D eigenvalue weighted by Crippen LogP contribution is -2.36. The third-order valence-electron chi connectivity index (χ3n) is 2.80. The molecule has 4 nitrogen and oxygen atoms in total. The number of carbonyl (C=O) groups is 1. The first-order valence-electron chi connectivity index (χ1n) is 5.90. The first-order valence-corrected chi connectivity index (χ1v) is 5.90. The SMILES string of the molecule is Cc1cc(O)cc(OC2CCCCNC2=O)c1. The molecule has 0 aromatic heterocycles. The predicted molar refractivity (Wildman–Crippen MR) is 64.1 cm³/mol. The molecule has 0 spiro atoms. The molecular formula is C13H17NO3. The van der Waals surface area contributed by atoms with Gasteiger partial charge in [-0.15, -0.1) is 0 Å². The van der Waals surface area contributed by atoms with E-state index in [2.05, 4.69) is 5.32 Å². The number of hydrogen-bond acceptors (Lipinski definition) is 3. The van der Waals surface area contributed by atoms with Gasteiger partial charge < -0.3 is 15.2 Å². The minimum atomic E-state index is -0.446. The first-order chi connectivity index (χ1) is 8.15. The zero-order chi connectivity index (χ0) is 12.3. The summed E-state index contributed by atoms with van der Waals surface area (Å²) < 4.78 is 5.64. The van der Waals surface area contributed by atoms with Gasteiger partial charge in [-0.1, -0.05) is 0 Å². The molecule has 1 aliphatic rings. The van der Waals surface area contributed by atoms with Crippen molar-refractivity contribution in [1.82, 2.24) is 5.32 Å². The maximum Gasteiger partial charge on any atom is 0.261 e. The lowest BCUT2D eigenvalue weighted by molar-refractivity contribution is -0.127. The summed E-state index contributed by atoms with van der Waals surface area (Å²) in [4.78, 5) is 11.7. The molecule has 1 saturated heterocycles. The number of nitrogens with one attached hydrogen (secondary N) is 1. The minimum Gasteiger partial charge on any atom is -0.508 e. The van der Waals surface area contributed by atoms with Gasteiger partial charge in [-0.05, 0) is 43.9 Å². The number of phenols is 1. The van der Waals surface area contributed by atoms with Crippen LogP contribution in [-0.2, 0) is 4.79 Å². The predicted octanol–water partition coefficient (Wildman–Crippen LogP) is 1.75. The van der Waals surface area contributed by atoms with Crippen molar-refractivity contribution in [1.29, 1.82) is 0 Å². The van der Waals surface area contributed by atoms with Crippen LogP contribution in [-0.4, -0.2) is 23.7 Å². The van der Waals surface area contributed by atoms with Gasteiger partial charge in [0.2, 0.25) is 0 Å². The Morgan fingerprint density at radius 1 is 1.35 bits per heavy atom. The standard InChI is InChI=1S/C13H17NO3/c1-9-6-10(15)8-11(7-9)17-12-4-2-3-5-14-13(12)16/h6-8,12,15H,2-5H2,1H3,(H,14,16). The maximum absolute atomic E-state index is 11.7. The van der Waals surface area contributed by atoms with Crippen LogP contribution in [0.25, 0.3) is 0 Å². The van der Waals surface area contributed by atoms with E-state index in [1.54, 1.807) is 6.07 Å². The van der Waals surface area contributed by atoms with E-state index in [1.807, 2.05) is 13.0 Å². The smallest absolute Gasteiger partial charge is 0.261 e. The highest BCUT2D eigenvalue weighted by atomic mass is 16.5. The maximum atomic E-state index is 11.7. The van der Waals surface area contributed by atoms with Crippen LogP contribution >= 0.6 is 0 Å². The van der Waals surface area contributed by atoms with Crippen molar-refractivity contribution >= 4 is 5.91 Å². The van der Waals surface area contributed by atoms with Gasteiger partial charge in [0.15, 0.2) is 6.10 Å². The summed E-state index contributed by atoms with van der Waals surface area (Å²) in [5, 5.41) is 12.3. The van der Waals surface area contributed by atoms with E-state index < -0.39 is 6.10 Å². The summed E-state index contributed by atoms with van der Waals surface area (Å²) in [6.45, 7) is 2.59. The van der Waals surface area contributed by atoms with Crippen molar-refractivity contribution in [3.05, 3.63) is 23.8 Å². The summed E-state index contributed by atoms with van der Waals surface area (Å²) in [5.41, 5.74) is 0.911. The summed E-state index contributed by atoms with van der Waals surface area (Å²) in [5.74, 6) is 0.641. The molecule has 1 aromatic rings. The number of ether oxygens (including phenoxy) is 1. The number of carbonyl (C=O) groups excluding carboxylic acids is 1. The number of hydrogen-bond donors (Lipinski definition) is 2. The molecule has 17 heavy (non-hydrogen) atoms. The van der Waals surface area contributed by atoms with E-state index in [4.69, 9.17) is 4.74 Å². The lowest BCUT2D eigenvalue weighted by atomic mass is 10.1. The van der Waals surface area contributed by atoms with Gasteiger partial charge in [-0.25, -0.2) is 0 Å². The van der Waals surface area contributed by atoms with Crippen molar-refractivity contribution in [3.8, 4) is 11.5 Å². The normalized spacial score (nSPS) is 20.5. The van der Waals surface area contributed by atoms with Gasteiger partial charge >= 0.3 is 0 Å². The van der Waals surface area contributed by atoms with Crippen molar-refractivity contribution in [3.63, 3.8) is 0 Å². The van der Waals surface area contributed by atoms with Crippen LogP contribution in [0.3, 0.4) is 0 Å². The molecule has 1 amide bonds. The van der Waals surface area contributed by atoms with Gasteiger partial charge in [0.05, 0.1) is 0 Å². The van der Waals surface area contributed by atoms with Crippen LogP contribution in [0.2, 0.25) is 0 Å². The Labute approximate surface area is 101 Å². The quantitative estimate of drug-likeness (QED) is 0.821.